The van der Waals surface area contributed by atoms with E-state index in [1.807, 2.05) is 0 Å². The highest BCUT2D eigenvalue weighted by Gasteiger charge is 2.15. The molecule has 0 aliphatic heterocycles. The zero-order chi connectivity index (χ0) is 11.7. The topological polar surface area (TPSA) is 72.3 Å². The molecule has 2 aromatic rings. The lowest BCUT2D eigenvalue weighted by Crippen LogP contribution is -1.89. The first kappa shape index (κ1) is 10.4. The van der Waals surface area contributed by atoms with Crippen molar-refractivity contribution in [3.05, 3.63) is 30.0 Å². The molecular formula is C10H8F2N2O2. The minimum Gasteiger partial charge on any atom is -0.507 e. The van der Waals surface area contributed by atoms with Gasteiger partial charge in [-0.1, -0.05) is 11.2 Å². The van der Waals surface area contributed by atoms with Crippen LogP contribution < -0.4 is 5.73 Å². The van der Waals surface area contributed by atoms with Crippen LogP contribution in [0.3, 0.4) is 0 Å². The summed E-state index contributed by atoms with van der Waals surface area (Å²) in [5.41, 5.74) is 5.85. The van der Waals surface area contributed by atoms with Crippen molar-refractivity contribution in [2.24, 2.45) is 0 Å². The van der Waals surface area contributed by atoms with Crippen LogP contribution in [-0.4, -0.2) is 10.3 Å². The highest BCUT2D eigenvalue weighted by atomic mass is 19.3. The summed E-state index contributed by atoms with van der Waals surface area (Å²) in [5, 5.41) is 12.7. The summed E-state index contributed by atoms with van der Waals surface area (Å²) >= 11 is 0. The Balaban J connectivity index is 2.52. The van der Waals surface area contributed by atoms with E-state index in [-0.39, 0.29) is 5.88 Å². The van der Waals surface area contributed by atoms with E-state index in [9.17, 15) is 13.9 Å². The Bertz CT molecular complexity index is 511. The number of halogens is 2. The van der Waals surface area contributed by atoms with Crippen LogP contribution in [0, 0.1) is 0 Å². The zero-order valence-electron chi connectivity index (χ0n) is 8.02. The number of aromatic nitrogens is 1. The van der Waals surface area contributed by atoms with Gasteiger partial charge in [-0.25, -0.2) is 8.78 Å². The standard InChI is InChI=1S/C10H8F2N2O2/c11-9(12)6-3-5(1-2-8(6)15)7-4-14-16-10(7)13/h1-4,9,15H,13H2. The number of nitrogens with zero attached hydrogens (tertiary/aromatic N) is 1. The lowest BCUT2D eigenvalue weighted by molar-refractivity contribution is 0.147. The van der Waals surface area contributed by atoms with Crippen molar-refractivity contribution in [2.45, 2.75) is 6.43 Å². The molecule has 0 bridgehead atoms. The highest BCUT2D eigenvalue weighted by molar-refractivity contribution is 5.73. The fraction of sp³-hybridized carbons (Fsp3) is 0.100. The van der Waals surface area contributed by atoms with Gasteiger partial charge in [-0.05, 0) is 17.7 Å². The zero-order valence-corrected chi connectivity index (χ0v) is 8.02. The molecule has 16 heavy (non-hydrogen) atoms. The Kier molecular flexibility index (Phi) is 2.47. The Hall–Kier alpha value is -2.11. The molecule has 0 unspecified atom stereocenters. The summed E-state index contributed by atoms with van der Waals surface area (Å²) in [5.74, 6) is -0.403. The van der Waals surface area contributed by atoms with Gasteiger partial charge in [0.2, 0.25) is 5.88 Å². The molecule has 0 saturated heterocycles. The van der Waals surface area contributed by atoms with E-state index in [1.54, 1.807) is 0 Å². The van der Waals surface area contributed by atoms with Gasteiger partial charge in [-0.2, -0.15) is 0 Å². The number of anilines is 1. The van der Waals surface area contributed by atoms with Crippen molar-refractivity contribution in [2.75, 3.05) is 5.73 Å². The molecule has 0 spiro atoms. The monoisotopic (exact) mass is 226 g/mol. The molecule has 1 aromatic heterocycles. The number of rotatable bonds is 2. The maximum absolute atomic E-state index is 12.5. The summed E-state index contributed by atoms with van der Waals surface area (Å²) in [4.78, 5) is 0. The largest absolute Gasteiger partial charge is 0.507 e. The van der Waals surface area contributed by atoms with Crippen molar-refractivity contribution in [1.29, 1.82) is 0 Å². The number of phenols is 1. The van der Waals surface area contributed by atoms with Crippen LogP contribution in [0.25, 0.3) is 11.1 Å². The van der Waals surface area contributed by atoms with E-state index < -0.39 is 17.7 Å². The number of aromatic hydroxyl groups is 1. The average Bonchev–Trinajstić information content (AvgIpc) is 2.65. The third-order valence-corrected chi connectivity index (χ3v) is 2.17. The van der Waals surface area contributed by atoms with E-state index in [4.69, 9.17) is 5.73 Å². The first-order valence-corrected chi connectivity index (χ1v) is 4.41. The Labute approximate surface area is 89.3 Å². The third-order valence-electron chi connectivity index (χ3n) is 2.17. The summed E-state index contributed by atoms with van der Waals surface area (Å²) in [6.07, 6.45) is -1.42. The molecule has 0 atom stereocenters. The fourth-order valence-electron chi connectivity index (χ4n) is 1.36. The second kappa shape index (κ2) is 3.80. The average molecular weight is 226 g/mol. The number of phenolic OH excluding ortho intramolecular Hbond substituents is 1. The minimum absolute atomic E-state index is 0.0471. The predicted octanol–water partition coefficient (Wildman–Crippen LogP) is 2.57. The summed E-state index contributed by atoms with van der Waals surface area (Å²) in [6.45, 7) is 0. The summed E-state index contributed by atoms with van der Waals surface area (Å²) in [7, 11) is 0. The van der Waals surface area contributed by atoms with Crippen molar-refractivity contribution in [1.82, 2.24) is 5.16 Å². The van der Waals surface area contributed by atoms with E-state index in [0.717, 1.165) is 6.07 Å². The van der Waals surface area contributed by atoms with Gasteiger partial charge >= 0.3 is 0 Å². The van der Waals surface area contributed by atoms with Gasteiger partial charge in [0.25, 0.3) is 6.43 Å². The Morgan fingerprint density at radius 1 is 1.38 bits per heavy atom. The van der Waals surface area contributed by atoms with Crippen molar-refractivity contribution in [3.63, 3.8) is 0 Å². The van der Waals surface area contributed by atoms with Crippen LogP contribution in [0.15, 0.2) is 28.9 Å². The van der Waals surface area contributed by atoms with Gasteiger partial charge in [0.05, 0.1) is 17.3 Å². The molecule has 84 valence electrons. The lowest BCUT2D eigenvalue weighted by Gasteiger charge is -2.05. The molecule has 0 fully saturated rings. The number of alkyl halides is 2. The summed E-state index contributed by atoms with van der Waals surface area (Å²) in [6, 6.07) is 3.80. The lowest BCUT2D eigenvalue weighted by atomic mass is 10.1. The molecular weight excluding hydrogens is 218 g/mol. The number of nitrogens with two attached hydrogens (primary N) is 1. The minimum atomic E-state index is -2.75. The molecule has 1 heterocycles. The normalized spacial score (nSPS) is 10.9. The van der Waals surface area contributed by atoms with Crippen LogP contribution in [-0.2, 0) is 0 Å². The van der Waals surface area contributed by atoms with E-state index >= 15 is 0 Å². The molecule has 6 heteroatoms. The van der Waals surface area contributed by atoms with Gasteiger partial charge in [-0.3, -0.25) is 0 Å². The van der Waals surface area contributed by atoms with Crippen LogP contribution in [0.1, 0.15) is 12.0 Å². The first-order chi connectivity index (χ1) is 7.59. The van der Waals surface area contributed by atoms with Crippen molar-refractivity contribution < 1.29 is 18.4 Å². The van der Waals surface area contributed by atoms with Crippen molar-refractivity contribution >= 4 is 5.88 Å². The number of benzene rings is 1. The molecule has 3 N–H and O–H groups in total. The van der Waals surface area contributed by atoms with Gasteiger partial charge in [-0.15, -0.1) is 0 Å². The fourth-order valence-corrected chi connectivity index (χ4v) is 1.36. The maximum atomic E-state index is 12.5. The van der Waals surface area contributed by atoms with Gasteiger partial charge in [0.15, 0.2) is 0 Å². The number of hydrogen-bond donors (Lipinski definition) is 2. The van der Waals surface area contributed by atoms with Crippen LogP contribution in [0.2, 0.25) is 0 Å². The molecule has 0 saturated carbocycles. The molecule has 2 rings (SSSR count). The van der Waals surface area contributed by atoms with E-state index in [2.05, 4.69) is 9.68 Å². The third kappa shape index (κ3) is 1.69. The van der Waals surface area contributed by atoms with Crippen molar-refractivity contribution in [3.8, 4) is 16.9 Å². The second-order valence-electron chi connectivity index (χ2n) is 3.18. The molecule has 0 aliphatic rings. The maximum Gasteiger partial charge on any atom is 0.267 e. The van der Waals surface area contributed by atoms with E-state index in [0.29, 0.717) is 11.1 Å². The quantitative estimate of drug-likeness (QED) is 0.825. The number of nitrogen functional groups attached to an aromatic ring is 1. The van der Waals surface area contributed by atoms with Crippen LogP contribution in [0.4, 0.5) is 14.7 Å². The molecule has 0 amide bonds. The molecule has 0 radical (unpaired) electrons. The molecule has 1 aromatic carbocycles. The number of hydrogen-bond acceptors (Lipinski definition) is 4. The smallest absolute Gasteiger partial charge is 0.267 e. The Morgan fingerprint density at radius 3 is 2.69 bits per heavy atom. The second-order valence-corrected chi connectivity index (χ2v) is 3.18. The highest BCUT2D eigenvalue weighted by Crippen LogP contribution is 2.34. The van der Waals surface area contributed by atoms with E-state index in [1.165, 1.54) is 18.3 Å². The van der Waals surface area contributed by atoms with Crippen LogP contribution >= 0.6 is 0 Å². The first-order valence-electron chi connectivity index (χ1n) is 4.41. The van der Waals surface area contributed by atoms with Crippen LogP contribution in [0.5, 0.6) is 5.75 Å². The summed E-state index contributed by atoms with van der Waals surface area (Å²) < 4.78 is 29.7. The van der Waals surface area contributed by atoms with Gasteiger partial charge in [0.1, 0.15) is 5.75 Å². The predicted molar refractivity (Wildman–Crippen MR) is 53.0 cm³/mol. The van der Waals surface area contributed by atoms with Gasteiger partial charge in [0, 0.05) is 0 Å². The molecule has 0 aliphatic carbocycles. The molecule has 4 nitrogen and oxygen atoms in total. The Morgan fingerprint density at radius 2 is 2.12 bits per heavy atom. The SMILES string of the molecule is Nc1oncc1-c1ccc(O)c(C(F)F)c1. The van der Waals surface area contributed by atoms with Gasteiger partial charge < -0.3 is 15.4 Å².